The predicted molar refractivity (Wildman–Crippen MR) is 146 cm³/mol. The molecule has 2 N–H and O–H groups in total. The number of benzene rings is 1. The maximum absolute atomic E-state index is 13.1. The Morgan fingerprint density at radius 3 is 2.56 bits per heavy atom. The van der Waals surface area contributed by atoms with Gasteiger partial charge in [0.15, 0.2) is 5.96 Å². The van der Waals surface area contributed by atoms with E-state index in [1.807, 2.05) is 18.5 Å². The Bertz CT molecular complexity index is 1040. The smallest absolute Gasteiger partial charge is 0.191 e. The first-order chi connectivity index (χ1) is 16.1. The molecular weight excluding hydrogens is 544 g/mol. The van der Waals surface area contributed by atoms with Crippen molar-refractivity contribution in [3.63, 3.8) is 0 Å². The Balaban J connectivity index is 0.00000324. The van der Waals surface area contributed by atoms with Crippen LogP contribution < -0.4 is 15.5 Å². The van der Waals surface area contributed by atoms with Gasteiger partial charge in [-0.1, -0.05) is 6.07 Å². The number of aromatic nitrogens is 3. The fraction of sp³-hybridized carbons (Fsp3) is 0.400. The molecule has 1 aliphatic rings. The Labute approximate surface area is 217 Å². The van der Waals surface area contributed by atoms with Gasteiger partial charge in [-0.25, -0.2) is 14.1 Å². The van der Waals surface area contributed by atoms with E-state index in [-0.39, 0.29) is 29.8 Å². The van der Waals surface area contributed by atoms with E-state index in [1.54, 1.807) is 16.8 Å². The molecule has 0 spiro atoms. The number of piperidine rings is 1. The number of hydrogen-bond donors (Lipinski definition) is 2. The van der Waals surface area contributed by atoms with Gasteiger partial charge in [0.25, 0.3) is 0 Å². The van der Waals surface area contributed by atoms with Gasteiger partial charge in [0.05, 0.1) is 11.4 Å². The number of guanidine groups is 1. The van der Waals surface area contributed by atoms with E-state index in [2.05, 4.69) is 51.6 Å². The third kappa shape index (κ3) is 7.15. The van der Waals surface area contributed by atoms with Crippen LogP contribution in [0.15, 0.2) is 59.9 Å². The van der Waals surface area contributed by atoms with Crippen LogP contribution in [-0.2, 0) is 6.42 Å². The van der Waals surface area contributed by atoms with Crippen LogP contribution in [0, 0.1) is 12.7 Å². The summed E-state index contributed by atoms with van der Waals surface area (Å²) in [6.45, 7) is 7.56. The van der Waals surface area contributed by atoms with E-state index in [0.717, 1.165) is 62.1 Å². The molecule has 34 heavy (non-hydrogen) atoms. The lowest BCUT2D eigenvalue weighted by Gasteiger charge is -2.33. The lowest BCUT2D eigenvalue weighted by molar-refractivity contribution is 0.459. The molecule has 0 amide bonds. The van der Waals surface area contributed by atoms with Crippen LogP contribution in [0.2, 0.25) is 0 Å². The molecule has 9 heteroatoms. The summed E-state index contributed by atoms with van der Waals surface area (Å²) in [5, 5.41) is 11.5. The van der Waals surface area contributed by atoms with Gasteiger partial charge in [-0.05, 0) is 68.7 Å². The summed E-state index contributed by atoms with van der Waals surface area (Å²) in [6.07, 6.45) is 6.65. The van der Waals surface area contributed by atoms with Gasteiger partial charge in [0.1, 0.15) is 11.6 Å². The zero-order valence-electron chi connectivity index (χ0n) is 19.7. The molecule has 1 aliphatic heterocycles. The predicted octanol–water partition coefficient (Wildman–Crippen LogP) is 4.10. The van der Waals surface area contributed by atoms with Crippen molar-refractivity contribution in [2.45, 2.75) is 39.2 Å². The van der Waals surface area contributed by atoms with E-state index < -0.39 is 0 Å². The van der Waals surface area contributed by atoms with Gasteiger partial charge in [0.2, 0.25) is 0 Å². The van der Waals surface area contributed by atoms with Crippen molar-refractivity contribution < 1.29 is 4.39 Å². The van der Waals surface area contributed by atoms with Crippen molar-refractivity contribution in [2.75, 3.05) is 31.1 Å². The van der Waals surface area contributed by atoms with Crippen molar-refractivity contribution in [3.05, 3.63) is 71.9 Å². The number of aryl methyl sites for hydroxylation is 1. The maximum Gasteiger partial charge on any atom is 0.191 e. The summed E-state index contributed by atoms with van der Waals surface area (Å²) < 4.78 is 14.9. The standard InChI is InChI=1S/C25H32FN7.HI/c1-3-27-25(30-21-11-15-32(16-12-21)24-9-4-19(2)18-29-24)28-14-10-22-13-17-33(31-22)23-7-5-20(26)6-8-23;/h4-9,13,17-18,21H,3,10-12,14-16H2,1-2H3,(H2,27,28,30);1H. The number of aliphatic imine (C=N–C) groups is 1. The number of nitrogens with zero attached hydrogens (tertiary/aromatic N) is 5. The highest BCUT2D eigenvalue weighted by atomic mass is 127. The summed E-state index contributed by atoms with van der Waals surface area (Å²) in [4.78, 5) is 11.7. The molecule has 4 rings (SSSR count). The Kier molecular flexibility index (Phi) is 9.67. The van der Waals surface area contributed by atoms with Crippen LogP contribution in [0.5, 0.6) is 0 Å². The highest BCUT2D eigenvalue weighted by Crippen LogP contribution is 2.18. The number of pyridine rings is 1. The minimum atomic E-state index is -0.249. The zero-order chi connectivity index (χ0) is 23.0. The largest absolute Gasteiger partial charge is 0.357 e. The van der Waals surface area contributed by atoms with Crippen molar-refractivity contribution in [3.8, 4) is 5.69 Å². The van der Waals surface area contributed by atoms with Gasteiger partial charge in [-0.3, -0.25) is 4.99 Å². The molecule has 0 aliphatic carbocycles. The van der Waals surface area contributed by atoms with Gasteiger partial charge < -0.3 is 15.5 Å². The van der Waals surface area contributed by atoms with E-state index in [0.29, 0.717) is 12.6 Å². The number of anilines is 1. The molecule has 2 aromatic heterocycles. The summed E-state index contributed by atoms with van der Waals surface area (Å²) >= 11 is 0. The fourth-order valence-electron chi connectivity index (χ4n) is 3.93. The van der Waals surface area contributed by atoms with Crippen LogP contribution in [0.25, 0.3) is 5.69 Å². The Morgan fingerprint density at radius 2 is 1.88 bits per heavy atom. The second-order valence-corrected chi connectivity index (χ2v) is 8.34. The molecule has 0 atom stereocenters. The topological polar surface area (TPSA) is 70.4 Å². The van der Waals surface area contributed by atoms with Crippen LogP contribution >= 0.6 is 24.0 Å². The van der Waals surface area contributed by atoms with Crippen molar-refractivity contribution in [2.24, 2.45) is 4.99 Å². The molecule has 0 radical (unpaired) electrons. The third-order valence-electron chi connectivity index (χ3n) is 5.77. The van der Waals surface area contributed by atoms with Crippen LogP contribution in [0.4, 0.5) is 10.2 Å². The second kappa shape index (κ2) is 12.7. The highest BCUT2D eigenvalue weighted by molar-refractivity contribution is 14.0. The molecule has 0 saturated carbocycles. The summed E-state index contributed by atoms with van der Waals surface area (Å²) in [5.41, 5.74) is 2.98. The first kappa shape index (κ1) is 25.9. The van der Waals surface area contributed by atoms with Crippen molar-refractivity contribution in [1.29, 1.82) is 0 Å². The van der Waals surface area contributed by atoms with Crippen molar-refractivity contribution >= 4 is 35.8 Å². The molecule has 3 aromatic rings. The van der Waals surface area contributed by atoms with Crippen LogP contribution in [0.3, 0.4) is 0 Å². The number of rotatable bonds is 7. The first-order valence-corrected chi connectivity index (χ1v) is 11.6. The minimum absolute atomic E-state index is 0. The van der Waals surface area contributed by atoms with Gasteiger partial charge in [0, 0.05) is 51.0 Å². The zero-order valence-corrected chi connectivity index (χ0v) is 22.1. The summed E-state index contributed by atoms with van der Waals surface area (Å²) in [7, 11) is 0. The van der Waals surface area contributed by atoms with E-state index >= 15 is 0 Å². The van der Waals surface area contributed by atoms with Crippen LogP contribution in [0.1, 0.15) is 31.0 Å². The molecule has 3 heterocycles. The minimum Gasteiger partial charge on any atom is -0.357 e. The number of hydrogen-bond acceptors (Lipinski definition) is 4. The van der Waals surface area contributed by atoms with Gasteiger partial charge >= 0.3 is 0 Å². The molecule has 7 nitrogen and oxygen atoms in total. The van der Waals surface area contributed by atoms with Crippen LogP contribution in [-0.4, -0.2) is 52.9 Å². The molecule has 1 aromatic carbocycles. The first-order valence-electron chi connectivity index (χ1n) is 11.6. The summed E-state index contributed by atoms with van der Waals surface area (Å²) in [5.74, 6) is 1.66. The monoisotopic (exact) mass is 577 g/mol. The normalized spacial score (nSPS) is 14.6. The number of nitrogens with one attached hydrogen (secondary N) is 2. The average Bonchev–Trinajstić information content (AvgIpc) is 3.30. The van der Waals surface area contributed by atoms with Gasteiger partial charge in [-0.2, -0.15) is 5.10 Å². The Morgan fingerprint density at radius 1 is 1.12 bits per heavy atom. The van der Waals surface area contributed by atoms with Gasteiger partial charge in [-0.15, -0.1) is 24.0 Å². The highest BCUT2D eigenvalue weighted by Gasteiger charge is 2.20. The molecule has 182 valence electrons. The molecule has 0 unspecified atom stereocenters. The third-order valence-corrected chi connectivity index (χ3v) is 5.77. The van der Waals surface area contributed by atoms with E-state index in [1.165, 1.54) is 17.7 Å². The average molecular weight is 577 g/mol. The number of halogens is 2. The molecular formula is C25H33FIN7. The fourth-order valence-corrected chi connectivity index (χ4v) is 3.93. The lowest BCUT2D eigenvalue weighted by atomic mass is 10.1. The van der Waals surface area contributed by atoms with Crippen molar-refractivity contribution in [1.82, 2.24) is 25.4 Å². The quantitative estimate of drug-likeness (QED) is 0.252. The Hall–Kier alpha value is -2.69. The van der Waals surface area contributed by atoms with E-state index in [4.69, 9.17) is 4.99 Å². The summed E-state index contributed by atoms with van der Waals surface area (Å²) in [6, 6.07) is 12.9. The van der Waals surface area contributed by atoms with E-state index in [9.17, 15) is 4.39 Å². The maximum atomic E-state index is 13.1. The molecule has 1 saturated heterocycles. The molecule has 0 bridgehead atoms. The molecule has 1 fully saturated rings. The second-order valence-electron chi connectivity index (χ2n) is 8.34. The SMILES string of the molecule is CCNC(=NCCc1ccn(-c2ccc(F)cc2)n1)NC1CCN(c2ccc(C)cn2)CC1.I. The lowest BCUT2D eigenvalue weighted by Crippen LogP contribution is -2.49.